The van der Waals surface area contributed by atoms with Crippen LogP contribution in [0.15, 0.2) is 18.2 Å². The molecule has 0 bridgehead atoms. The normalized spacial score (nSPS) is 22.6. The van der Waals surface area contributed by atoms with E-state index in [1.807, 2.05) is 6.07 Å². The summed E-state index contributed by atoms with van der Waals surface area (Å²) in [5.74, 6) is 0.562. The van der Waals surface area contributed by atoms with Crippen molar-refractivity contribution in [1.29, 1.82) is 5.26 Å². The Morgan fingerprint density at radius 1 is 1.42 bits per heavy atom. The highest BCUT2D eigenvalue weighted by Crippen LogP contribution is 2.29. The summed E-state index contributed by atoms with van der Waals surface area (Å²) in [6, 6.07) is 8.01. The number of aldehydes is 1. The highest BCUT2D eigenvalue weighted by atomic mass is 16.1. The zero-order valence-corrected chi connectivity index (χ0v) is 11.6. The maximum Gasteiger partial charge on any atom is 0.150 e. The summed E-state index contributed by atoms with van der Waals surface area (Å²) in [7, 11) is 4.18. The molecule has 1 aliphatic heterocycles. The third-order valence-electron chi connectivity index (χ3n) is 3.85. The fourth-order valence-electron chi connectivity index (χ4n) is 2.81. The van der Waals surface area contributed by atoms with Gasteiger partial charge in [-0.05, 0) is 38.2 Å². The summed E-state index contributed by atoms with van der Waals surface area (Å²) in [6.07, 6.45) is 0.778. The van der Waals surface area contributed by atoms with Gasteiger partial charge >= 0.3 is 0 Å². The lowest BCUT2D eigenvalue weighted by atomic mass is 10.1. The molecule has 0 N–H and O–H groups in total. The Bertz CT molecular complexity index is 519. The lowest BCUT2D eigenvalue weighted by molar-refractivity contribution is 0.112. The molecule has 4 nitrogen and oxygen atoms in total. The van der Waals surface area contributed by atoms with E-state index in [9.17, 15) is 10.1 Å². The average Bonchev–Trinajstić information content (AvgIpc) is 2.80. The number of nitriles is 1. The predicted molar refractivity (Wildman–Crippen MR) is 75.4 cm³/mol. The molecular weight excluding hydrogens is 238 g/mol. The molecule has 0 radical (unpaired) electrons. The second kappa shape index (κ2) is 5.41. The summed E-state index contributed by atoms with van der Waals surface area (Å²) >= 11 is 0. The number of nitrogens with zero attached hydrogens (tertiary/aromatic N) is 3. The van der Waals surface area contributed by atoms with Crippen LogP contribution in [0.25, 0.3) is 0 Å². The van der Waals surface area contributed by atoms with Gasteiger partial charge < -0.3 is 9.80 Å². The van der Waals surface area contributed by atoms with Crippen LogP contribution in [0.1, 0.15) is 22.8 Å². The number of carbonyl (C=O) groups excluding carboxylic acids is 1. The van der Waals surface area contributed by atoms with Gasteiger partial charge in [-0.1, -0.05) is 6.92 Å². The van der Waals surface area contributed by atoms with Gasteiger partial charge in [0.15, 0.2) is 0 Å². The molecule has 0 spiro atoms. The molecule has 1 aliphatic rings. The van der Waals surface area contributed by atoms with Gasteiger partial charge in [-0.3, -0.25) is 4.79 Å². The first kappa shape index (κ1) is 13.6. The molecule has 1 fully saturated rings. The standard InChI is InChI=1S/C15H19N3O/c1-11-8-18(9-15(11)17(2)3)14-5-4-12(10-19)6-13(14)7-16/h4-6,10-11,15H,8-9H2,1-3H3. The van der Waals surface area contributed by atoms with Crippen LogP contribution in [0.5, 0.6) is 0 Å². The van der Waals surface area contributed by atoms with Crippen LogP contribution in [-0.2, 0) is 0 Å². The number of hydrogen-bond acceptors (Lipinski definition) is 4. The number of rotatable bonds is 3. The van der Waals surface area contributed by atoms with Crippen molar-refractivity contribution in [3.8, 4) is 6.07 Å². The molecule has 1 saturated heterocycles. The van der Waals surface area contributed by atoms with Gasteiger partial charge in [0.2, 0.25) is 0 Å². The minimum atomic E-state index is 0.497. The molecule has 0 saturated carbocycles. The smallest absolute Gasteiger partial charge is 0.150 e. The predicted octanol–water partition coefficient (Wildman–Crippen LogP) is 1.76. The first-order chi connectivity index (χ1) is 9.06. The van der Waals surface area contributed by atoms with Gasteiger partial charge in [0, 0.05) is 24.7 Å². The van der Waals surface area contributed by atoms with E-state index in [4.69, 9.17) is 0 Å². The van der Waals surface area contributed by atoms with E-state index in [2.05, 4.69) is 36.9 Å². The fraction of sp³-hybridized carbons (Fsp3) is 0.467. The number of likely N-dealkylation sites (N-methyl/N-ethyl adjacent to an activating group) is 1. The molecule has 1 heterocycles. The second-order valence-corrected chi connectivity index (χ2v) is 5.42. The molecule has 0 amide bonds. The van der Waals surface area contributed by atoms with Crippen molar-refractivity contribution in [1.82, 2.24) is 4.90 Å². The third kappa shape index (κ3) is 2.61. The summed E-state index contributed by atoms with van der Waals surface area (Å²) in [6.45, 7) is 4.09. The van der Waals surface area contributed by atoms with Crippen molar-refractivity contribution < 1.29 is 4.79 Å². The van der Waals surface area contributed by atoms with E-state index in [-0.39, 0.29) is 0 Å². The summed E-state index contributed by atoms with van der Waals surface area (Å²) in [4.78, 5) is 15.2. The van der Waals surface area contributed by atoms with Gasteiger partial charge in [-0.2, -0.15) is 5.26 Å². The van der Waals surface area contributed by atoms with Gasteiger partial charge in [-0.15, -0.1) is 0 Å². The third-order valence-corrected chi connectivity index (χ3v) is 3.85. The molecule has 2 unspecified atom stereocenters. The molecule has 1 aromatic rings. The van der Waals surface area contributed by atoms with E-state index >= 15 is 0 Å². The molecule has 2 rings (SSSR count). The summed E-state index contributed by atoms with van der Waals surface area (Å²) in [5, 5.41) is 9.24. The minimum Gasteiger partial charge on any atom is -0.369 e. The molecule has 4 heteroatoms. The van der Waals surface area contributed by atoms with Crippen molar-refractivity contribution >= 4 is 12.0 Å². The molecule has 100 valence electrons. The Morgan fingerprint density at radius 2 is 2.16 bits per heavy atom. The molecule has 0 aliphatic carbocycles. The second-order valence-electron chi connectivity index (χ2n) is 5.42. The summed E-state index contributed by atoms with van der Waals surface area (Å²) < 4.78 is 0. The van der Waals surface area contributed by atoms with Crippen molar-refractivity contribution in [3.63, 3.8) is 0 Å². The van der Waals surface area contributed by atoms with Crippen LogP contribution < -0.4 is 4.90 Å². The molecule has 2 atom stereocenters. The van der Waals surface area contributed by atoms with E-state index in [1.165, 1.54) is 0 Å². The van der Waals surface area contributed by atoms with Crippen molar-refractivity contribution in [3.05, 3.63) is 29.3 Å². The summed E-state index contributed by atoms with van der Waals surface area (Å²) in [5.41, 5.74) is 2.07. The molecule has 1 aromatic carbocycles. The zero-order valence-electron chi connectivity index (χ0n) is 11.6. The van der Waals surface area contributed by atoms with Gasteiger partial charge in [0.25, 0.3) is 0 Å². The van der Waals surface area contributed by atoms with Gasteiger partial charge in [0.05, 0.1) is 11.3 Å². The zero-order chi connectivity index (χ0) is 14.0. The van der Waals surface area contributed by atoms with E-state index in [1.54, 1.807) is 12.1 Å². The Balaban J connectivity index is 2.29. The van der Waals surface area contributed by atoms with Crippen molar-refractivity contribution in [2.75, 3.05) is 32.1 Å². The van der Waals surface area contributed by atoms with E-state index in [0.717, 1.165) is 25.1 Å². The minimum absolute atomic E-state index is 0.497. The molecule has 19 heavy (non-hydrogen) atoms. The molecular formula is C15H19N3O. The van der Waals surface area contributed by atoms with Crippen LogP contribution in [0.3, 0.4) is 0 Å². The van der Waals surface area contributed by atoms with Crippen LogP contribution in [-0.4, -0.2) is 44.4 Å². The Labute approximate surface area is 114 Å². The Hall–Kier alpha value is -1.86. The van der Waals surface area contributed by atoms with E-state index in [0.29, 0.717) is 23.1 Å². The van der Waals surface area contributed by atoms with Crippen LogP contribution in [0, 0.1) is 17.2 Å². The molecule has 0 aromatic heterocycles. The Morgan fingerprint density at radius 3 is 2.68 bits per heavy atom. The lowest BCUT2D eigenvalue weighted by Crippen LogP contribution is -2.34. The van der Waals surface area contributed by atoms with E-state index < -0.39 is 0 Å². The number of benzene rings is 1. The van der Waals surface area contributed by atoms with Crippen molar-refractivity contribution in [2.45, 2.75) is 13.0 Å². The van der Waals surface area contributed by atoms with Gasteiger partial charge in [0.1, 0.15) is 12.4 Å². The topological polar surface area (TPSA) is 47.3 Å². The SMILES string of the molecule is CC1CN(c2ccc(C=O)cc2C#N)CC1N(C)C. The highest BCUT2D eigenvalue weighted by molar-refractivity contribution is 5.78. The quantitative estimate of drug-likeness (QED) is 0.774. The number of hydrogen-bond donors (Lipinski definition) is 0. The first-order valence-corrected chi connectivity index (χ1v) is 6.47. The van der Waals surface area contributed by atoms with Crippen LogP contribution >= 0.6 is 0 Å². The monoisotopic (exact) mass is 257 g/mol. The maximum absolute atomic E-state index is 10.8. The first-order valence-electron chi connectivity index (χ1n) is 6.47. The fourth-order valence-corrected chi connectivity index (χ4v) is 2.81. The van der Waals surface area contributed by atoms with Crippen LogP contribution in [0.4, 0.5) is 5.69 Å². The van der Waals surface area contributed by atoms with Crippen molar-refractivity contribution in [2.24, 2.45) is 5.92 Å². The highest BCUT2D eigenvalue weighted by Gasteiger charge is 2.31. The largest absolute Gasteiger partial charge is 0.369 e. The lowest BCUT2D eigenvalue weighted by Gasteiger charge is -2.23. The van der Waals surface area contributed by atoms with Gasteiger partial charge in [-0.25, -0.2) is 0 Å². The average molecular weight is 257 g/mol. The van der Waals surface area contributed by atoms with Crippen LogP contribution in [0.2, 0.25) is 0 Å². The number of anilines is 1. The Kier molecular flexibility index (Phi) is 3.87. The number of carbonyl (C=O) groups is 1. The maximum atomic E-state index is 10.8.